The van der Waals surface area contributed by atoms with Gasteiger partial charge in [-0.05, 0) is 12.8 Å². The fourth-order valence-corrected chi connectivity index (χ4v) is 2.17. The maximum absolute atomic E-state index is 13.5. The van der Waals surface area contributed by atoms with E-state index < -0.39 is 86.0 Å². The average Bonchev–Trinajstić information content (AvgIpc) is 2.62. The van der Waals surface area contributed by atoms with E-state index in [1.807, 2.05) is 0 Å². The van der Waals surface area contributed by atoms with Crippen LogP contribution in [0.3, 0.4) is 0 Å². The predicted octanol–water partition coefficient (Wildman–Crippen LogP) is 5.91. The van der Waals surface area contributed by atoms with Crippen molar-refractivity contribution in [3.8, 4) is 0 Å². The number of halogens is 17. The summed E-state index contributed by atoms with van der Waals surface area (Å²) in [6.07, 6.45) is -14.7. The van der Waals surface area contributed by atoms with Gasteiger partial charge in [-0.2, -0.15) is 74.6 Å². The highest BCUT2D eigenvalue weighted by molar-refractivity contribution is 5.15. The molecule has 2 N–H and O–H groups in total. The van der Waals surface area contributed by atoms with Crippen LogP contribution >= 0.6 is 0 Å². The van der Waals surface area contributed by atoms with E-state index >= 15 is 0 Å². The highest BCUT2D eigenvalue weighted by atomic mass is 19.4. The summed E-state index contributed by atoms with van der Waals surface area (Å²) in [6, 6.07) is 0. The Labute approximate surface area is 172 Å². The van der Waals surface area contributed by atoms with Gasteiger partial charge in [0.15, 0.2) is 0 Å². The second kappa shape index (κ2) is 9.07. The Balaban J connectivity index is 6.21. The fraction of sp³-hybridized carbons (Fsp3) is 1.00. The zero-order chi connectivity index (χ0) is 27.1. The maximum atomic E-state index is 13.5. The Morgan fingerprint density at radius 3 is 1.15 bits per heavy atom. The lowest BCUT2D eigenvalue weighted by Crippen LogP contribution is -2.74. The van der Waals surface area contributed by atoms with E-state index in [-0.39, 0.29) is 0 Å². The highest BCUT2D eigenvalue weighted by Gasteiger charge is 2.95. The van der Waals surface area contributed by atoms with Crippen LogP contribution in [0.15, 0.2) is 0 Å². The lowest BCUT2D eigenvalue weighted by molar-refractivity contribution is -0.461. The number of unbranched alkanes of at least 4 members (excludes halogenated alkanes) is 1. The van der Waals surface area contributed by atoms with Crippen molar-refractivity contribution in [2.45, 2.75) is 79.4 Å². The molecule has 0 aliphatic rings. The summed E-state index contributed by atoms with van der Waals surface area (Å²) >= 11 is 0. The molecular formula is C14H13F17O2. The second-order valence-electron chi connectivity index (χ2n) is 6.73. The van der Waals surface area contributed by atoms with Gasteiger partial charge < -0.3 is 10.2 Å². The largest absolute Gasteiger partial charge is 0.460 e. The van der Waals surface area contributed by atoms with Crippen LogP contribution in [-0.4, -0.2) is 70.6 Å². The Kier molecular flexibility index (Phi) is 8.72. The van der Waals surface area contributed by atoms with E-state index in [4.69, 9.17) is 10.2 Å². The summed E-state index contributed by atoms with van der Waals surface area (Å²) in [7, 11) is 0. The van der Waals surface area contributed by atoms with Gasteiger partial charge in [-0.1, -0.05) is 6.42 Å². The van der Waals surface area contributed by atoms with Crippen molar-refractivity contribution in [1.29, 1.82) is 0 Å². The van der Waals surface area contributed by atoms with Gasteiger partial charge >= 0.3 is 47.6 Å². The first-order valence-electron chi connectivity index (χ1n) is 8.21. The molecule has 0 saturated heterocycles. The van der Waals surface area contributed by atoms with E-state index in [1.54, 1.807) is 0 Å². The molecule has 1 unspecified atom stereocenters. The molecule has 0 heterocycles. The quantitative estimate of drug-likeness (QED) is 0.241. The van der Waals surface area contributed by atoms with E-state index in [0.717, 1.165) is 0 Å². The summed E-state index contributed by atoms with van der Waals surface area (Å²) < 4.78 is 221. The van der Waals surface area contributed by atoms with Gasteiger partial charge in [0.05, 0.1) is 12.7 Å². The van der Waals surface area contributed by atoms with Crippen molar-refractivity contribution in [3.05, 3.63) is 0 Å². The van der Waals surface area contributed by atoms with Gasteiger partial charge in [-0.25, -0.2) is 0 Å². The first-order valence-corrected chi connectivity index (χ1v) is 8.21. The number of hydrogen-bond acceptors (Lipinski definition) is 2. The zero-order valence-corrected chi connectivity index (χ0v) is 15.4. The van der Waals surface area contributed by atoms with E-state index in [1.165, 1.54) is 0 Å². The van der Waals surface area contributed by atoms with Crippen molar-refractivity contribution < 1.29 is 84.9 Å². The van der Waals surface area contributed by atoms with E-state index in [0.29, 0.717) is 0 Å². The number of aliphatic hydroxyl groups is 2. The third-order valence-corrected chi connectivity index (χ3v) is 4.28. The molecule has 1 atom stereocenters. The van der Waals surface area contributed by atoms with Gasteiger partial charge in [-0.15, -0.1) is 0 Å². The Morgan fingerprint density at radius 2 is 0.818 bits per heavy atom. The van der Waals surface area contributed by atoms with Gasteiger partial charge in [0.25, 0.3) is 0 Å². The Morgan fingerprint density at radius 1 is 0.485 bits per heavy atom. The van der Waals surface area contributed by atoms with Crippen LogP contribution in [0.5, 0.6) is 0 Å². The molecule has 19 heteroatoms. The van der Waals surface area contributed by atoms with Crippen LogP contribution in [0.2, 0.25) is 0 Å². The van der Waals surface area contributed by atoms with Crippen molar-refractivity contribution in [2.75, 3.05) is 6.61 Å². The minimum absolute atomic E-state index is 0.637. The summed E-state index contributed by atoms with van der Waals surface area (Å²) in [4.78, 5) is 0. The molecule has 0 aliphatic carbocycles. The monoisotopic (exact) mass is 536 g/mol. The molecule has 33 heavy (non-hydrogen) atoms. The SMILES string of the molecule is OCC(O)CCCCC(F)(F)C(F)(F)C(F)(F)C(F)(F)C(F)(F)C(F)(F)C(F)(F)C(F)(F)F. The van der Waals surface area contributed by atoms with Gasteiger partial charge in [0.1, 0.15) is 0 Å². The molecular weight excluding hydrogens is 523 g/mol. The van der Waals surface area contributed by atoms with Crippen molar-refractivity contribution in [1.82, 2.24) is 0 Å². The third-order valence-electron chi connectivity index (χ3n) is 4.28. The number of aliphatic hydroxyl groups excluding tert-OH is 2. The summed E-state index contributed by atoms with van der Waals surface area (Å²) in [5, 5.41) is 17.3. The van der Waals surface area contributed by atoms with Gasteiger partial charge in [0, 0.05) is 6.42 Å². The smallest absolute Gasteiger partial charge is 0.394 e. The van der Waals surface area contributed by atoms with Crippen molar-refractivity contribution in [3.63, 3.8) is 0 Å². The standard InChI is InChI=1S/C14H13F17O2/c15-7(16,4-2-1-3-6(33)5-32)8(17,18)9(19,20)10(21,22)11(23,24)12(25,26)13(27,28)14(29,30)31/h6,32-33H,1-5H2. The number of hydrogen-bond donors (Lipinski definition) is 2. The first-order chi connectivity index (χ1) is 14.2. The minimum Gasteiger partial charge on any atom is -0.394 e. The molecule has 2 nitrogen and oxygen atoms in total. The van der Waals surface area contributed by atoms with E-state index in [9.17, 15) is 74.6 Å². The van der Waals surface area contributed by atoms with Crippen LogP contribution < -0.4 is 0 Å². The van der Waals surface area contributed by atoms with Gasteiger partial charge in [-0.3, -0.25) is 0 Å². The fourth-order valence-electron chi connectivity index (χ4n) is 2.17. The van der Waals surface area contributed by atoms with Gasteiger partial charge in [0.2, 0.25) is 0 Å². The van der Waals surface area contributed by atoms with Crippen LogP contribution in [0, 0.1) is 0 Å². The first kappa shape index (κ1) is 31.7. The predicted molar refractivity (Wildman–Crippen MR) is 72.2 cm³/mol. The van der Waals surface area contributed by atoms with Crippen molar-refractivity contribution >= 4 is 0 Å². The molecule has 0 aromatic rings. The topological polar surface area (TPSA) is 40.5 Å². The molecule has 0 amide bonds. The maximum Gasteiger partial charge on any atom is 0.460 e. The molecule has 0 fully saturated rings. The van der Waals surface area contributed by atoms with Crippen LogP contribution in [0.4, 0.5) is 74.6 Å². The molecule has 0 saturated carbocycles. The second-order valence-corrected chi connectivity index (χ2v) is 6.73. The Bertz CT molecular complexity index is 655. The lowest BCUT2D eigenvalue weighted by atomic mass is 9.87. The molecule has 0 rings (SSSR count). The zero-order valence-electron chi connectivity index (χ0n) is 15.4. The summed E-state index contributed by atoms with van der Waals surface area (Å²) in [5.41, 5.74) is 0. The number of alkyl halides is 17. The Hall–Kier alpha value is -1.27. The number of rotatable bonds is 12. The lowest BCUT2D eigenvalue weighted by Gasteiger charge is -2.42. The molecule has 0 aromatic heterocycles. The minimum atomic E-state index is -8.63. The third kappa shape index (κ3) is 4.93. The normalized spacial score (nSPS) is 16.8. The summed E-state index contributed by atoms with van der Waals surface area (Å²) in [6.45, 7) is -0.983. The van der Waals surface area contributed by atoms with Crippen LogP contribution in [0.1, 0.15) is 25.7 Å². The molecule has 0 radical (unpaired) electrons. The highest BCUT2D eigenvalue weighted by Crippen LogP contribution is 2.64. The molecule has 0 aromatic carbocycles. The van der Waals surface area contributed by atoms with Crippen LogP contribution in [0.25, 0.3) is 0 Å². The summed E-state index contributed by atoms with van der Waals surface area (Å²) in [5.74, 6) is -56.3. The molecule has 0 spiro atoms. The van der Waals surface area contributed by atoms with E-state index in [2.05, 4.69) is 0 Å². The van der Waals surface area contributed by atoms with Crippen molar-refractivity contribution in [2.24, 2.45) is 0 Å². The molecule has 200 valence electrons. The average molecular weight is 536 g/mol. The molecule has 0 aliphatic heterocycles. The van der Waals surface area contributed by atoms with Crippen LogP contribution in [-0.2, 0) is 0 Å². The molecule has 0 bridgehead atoms.